The molecule has 6 nitrogen and oxygen atoms in total. The summed E-state index contributed by atoms with van der Waals surface area (Å²) in [5.74, 6) is 0.185. The van der Waals surface area contributed by atoms with Crippen LogP contribution in [0.4, 0.5) is 0 Å². The first-order chi connectivity index (χ1) is 12.2. The molecule has 0 unspecified atom stereocenters. The Balaban J connectivity index is 2.23. The summed E-state index contributed by atoms with van der Waals surface area (Å²) in [6.45, 7) is 0. The zero-order valence-electron chi connectivity index (χ0n) is 13.8. The number of nitrogens with zero attached hydrogens (tertiary/aromatic N) is 3. The molecule has 0 saturated heterocycles. The summed E-state index contributed by atoms with van der Waals surface area (Å²) >= 11 is 0. The van der Waals surface area contributed by atoms with E-state index in [4.69, 9.17) is 9.47 Å². The maximum atomic E-state index is 12.4. The van der Waals surface area contributed by atoms with E-state index in [1.165, 1.54) is 7.11 Å². The van der Waals surface area contributed by atoms with Gasteiger partial charge in [-0.3, -0.25) is 0 Å². The van der Waals surface area contributed by atoms with Gasteiger partial charge in [0.2, 0.25) is 0 Å². The molecule has 0 aliphatic carbocycles. The Kier molecular flexibility index (Phi) is 4.55. The average molecular weight is 333 g/mol. The quantitative estimate of drug-likeness (QED) is 0.490. The number of hydrogen-bond donors (Lipinski definition) is 0. The van der Waals surface area contributed by atoms with Gasteiger partial charge < -0.3 is 19.8 Å². The highest BCUT2D eigenvalue weighted by Gasteiger charge is 2.40. The van der Waals surface area contributed by atoms with Gasteiger partial charge >= 0.3 is 11.8 Å². The van der Waals surface area contributed by atoms with Crippen LogP contribution in [0.3, 0.4) is 0 Å². The summed E-state index contributed by atoms with van der Waals surface area (Å²) in [4.78, 5) is 20.0. The first-order valence-electron chi connectivity index (χ1n) is 7.53. The molecular weight excluding hydrogens is 318 g/mol. The van der Waals surface area contributed by atoms with Crippen molar-refractivity contribution >= 4 is 23.1 Å². The van der Waals surface area contributed by atoms with Crippen LogP contribution in [0.2, 0.25) is 0 Å². The van der Waals surface area contributed by atoms with Gasteiger partial charge in [-0.25, -0.2) is 4.79 Å². The van der Waals surface area contributed by atoms with E-state index in [1.54, 1.807) is 31.4 Å². The highest BCUT2D eigenvalue weighted by atomic mass is 16.5. The van der Waals surface area contributed by atoms with Gasteiger partial charge in [-0.15, -0.1) is 0 Å². The highest BCUT2D eigenvalue weighted by Crippen LogP contribution is 2.31. The van der Waals surface area contributed by atoms with Crippen LogP contribution < -0.4 is 4.74 Å². The van der Waals surface area contributed by atoms with Crippen molar-refractivity contribution in [3.63, 3.8) is 0 Å². The molecule has 2 aromatic carbocycles. The zero-order chi connectivity index (χ0) is 17.8. The number of benzene rings is 2. The maximum Gasteiger partial charge on any atom is 0.410 e. The van der Waals surface area contributed by atoms with Gasteiger partial charge in [-0.05, 0) is 22.7 Å². The second-order valence-corrected chi connectivity index (χ2v) is 5.22. The molecule has 3 rings (SSSR count). The molecule has 1 aliphatic heterocycles. The molecule has 0 fully saturated rings. The molecule has 0 atom stereocenters. The number of ether oxygens (including phenoxy) is 2. The highest BCUT2D eigenvalue weighted by molar-refractivity contribution is 6.46. The van der Waals surface area contributed by atoms with E-state index in [1.807, 2.05) is 30.3 Å². The first-order valence-corrected chi connectivity index (χ1v) is 7.53. The SMILES string of the molecule is COC(=O)C1=C(c2ccc(OC)cc2)C(=[N+]=[N-])N=C1c1ccccc1. The Hall–Kier alpha value is -3.50. The van der Waals surface area contributed by atoms with Gasteiger partial charge in [0.05, 0.1) is 14.2 Å². The topological polar surface area (TPSA) is 84.3 Å². The van der Waals surface area contributed by atoms with Crippen molar-refractivity contribution in [1.82, 2.24) is 0 Å². The minimum Gasteiger partial charge on any atom is -0.497 e. The fraction of sp³-hybridized carbons (Fsp3) is 0.105. The van der Waals surface area contributed by atoms with E-state index >= 15 is 0 Å². The number of esters is 1. The molecule has 1 heterocycles. The van der Waals surface area contributed by atoms with E-state index in [9.17, 15) is 10.3 Å². The van der Waals surface area contributed by atoms with E-state index in [0.29, 0.717) is 22.6 Å². The van der Waals surface area contributed by atoms with Gasteiger partial charge in [0.15, 0.2) is 5.71 Å². The average Bonchev–Trinajstić information content (AvgIpc) is 3.07. The van der Waals surface area contributed by atoms with Crippen LogP contribution in [-0.4, -0.2) is 36.5 Å². The summed E-state index contributed by atoms with van der Waals surface area (Å²) < 4.78 is 10.1. The number of rotatable bonds is 4. The molecule has 0 N–H and O–H groups in total. The molecule has 0 radical (unpaired) electrons. The Bertz CT molecular complexity index is 922. The number of aliphatic imine (C=N–C) groups is 1. The Morgan fingerprint density at radius 3 is 2.24 bits per heavy atom. The number of amidine groups is 1. The standard InChI is InChI=1S/C19H15N3O3/c1-24-14-10-8-12(9-11-14)15-16(19(23)25-2)17(21-18(15)22-20)13-6-4-3-5-7-13/h3-11H,1-2H3. The lowest BCUT2D eigenvalue weighted by molar-refractivity contribution is -0.135. The molecule has 25 heavy (non-hydrogen) atoms. The molecule has 0 aromatic heterocycles. The van der Waals surface area contributed by atoms with Gasteiger partial charge in [0, 0.05) is 5.56 Å². The van der Waals surface area contributed by atoms with Gasteiger partial charge in [0.25, 0.3) is 0 Å². The normalized spacial score (nSPS) is 13.4. The van der Waals surface area contributed by atoms with Crippen LogP contribution in [0, 0.1) is 0 Å². The van der Waals surface area contributed by atoms with Gasteiger partial charge in [-0.2, -0.15) is 0 Å². The second-order valence-electron chi connectivity index (χ2n) is 5.22. The van der Waals surface area contributed by atoms with Crippen LogP contribution in [0.15, 0.2) is 65.2 Å². The maximum absolute atomic E-state index is 12.4. The molecule has 6 heteroatoms. The minimum absolute atomic E-state index is 0.0596. The summed E-state index contributed by atoms with van der Waals surface area (Å²) in [5.41, 5.74) is 11.9. The van der Waals surface area contributed by atoms with Crippen molar-refractivity contribution in [2.45, 2.75) is 0 Å². The lowest BCUT2D eigenvalue weighted by Gasteiger charge is -2.06. The Labute approximate surface area is 144 Å². The second kappa shape index (κ2) is 6.95. The molecule has 1 aliphatic rings. The third-order valence-corrected chi connectivity index (χ3v) is 3.84. The molecule has 124 valence electrons. The molecular formula is C19H15N3O3. The van der Waals surface area contributed by atoms with Crippen molar-refractivity contribution in [3.05, 3.63) is 76.8 Å². The van der Waals surface area contributed by atoms with Crippen molar-refractivity contribution in [2.24, 2.45) is 4.99 Å². The van der Waals surface area contributed by atoms with Crippen molar-refractivity contribution in [2.75, 3.05) is 14.2 Å². The Morgan fingerprint density at radius 2 is 1.68 bits per heavy atom. The van der Waals surface area contributed by atoms with Crippen molar-refractivity contribution in [3.8, 4) is 5.75 Å². The number of carbonyl (C=O) groups excluding carboxylic acids is 1. The van der Waals surface area contributed by atoms with Crippen LogP contribution in [0.1, 0.15) is 11.1 Å². The summed E-state index contributed by atoms with van der Waals surface area (Å²) in [5, 5.41) is 0. The van der Waals surface area contributed by atoms with E-state index in [2.05, 4.69) is 9.78 Å². The van der Waals surface area contributed by atoms with E-state index in [-0.39, 0.29) is 11.4 Å². The fourth-order valence-electron chi connectivity index (χ4n) is 2.66. The van der Waals surface area contributed by atoms with Crippen LogP contribution in [0.25, 0.3) is 11.1 Å². The largest absolute Gasteiger partial charge is 0.497 e. The van der Waals surface area contributed by atoms with E-state index < -0.39 is 5.97 Å². The van der Waals surface area contributed by atoms with Crippen LogP contribution in [-0.2, 0) is 9.53 Å². The predicted molar refractivity (Wildman–Crippen MR) is 93.5 cm³/mol. The van der Waals surface area contributed by atoms with Gasteiger partial charge in [-0.1, -0.05) is 42.5 Å². The van der Waals surface area contributed by atoms with Gasteiger partial charge in [0.1, 0.15) is 16.9 Å². The monoisotopic (exact) mass is 333 g/mol. The summed E-state index contributed by atoms with van der Waals surface area (Å²) in [7, 11) is 2.87. The summed E-state index contributed by atoms with van der Waals surface area (Å²) in [6, 6.07) is 16.3. The number of hydrogen-bond acceptors (Lipinski definition) is 3. The fourth-order valence-corrected chi connectivity index (χ4v) is 2.66. The zero-order valence-corrected chi connectivity index (χ0v) is 13.8. The lowest BCUT2D eigenvalue weighted by Crippen LogP contribution is -2.15. The van der Waals surface area contributed by atoms with Crippen molar-refractivity contribution < 1.29 is 19.1 Å². The lowest BCUT2D eigenvalue weighted by atomic mass is 9.95. The molecule has 2 aromatic rings. The molecule has 0 spiro atoms. The third-order valence-electron chi connectivity index (χ3n) is 3.84. The predicted octanol–water partition coefficient (Wildman–Crippen LogP) is 2.75. The Morgan fingerprint density at radius 1 is 1.00 bits per heavy atom. The van der Waals surface area contributed by atoms with Crippen LogP contribution in [0.5, 0.6) is 5.75 Å². The minimum atomic E-state index is -0.549. The van der Waals surface area contributed by atoms with Crippen LogP contribution >= 0.6 is 0 Å². The third kappa shape index (κ3) is 2.98. The molecule has 0 amide bonds. The first kappa shape index (κ1) is 16.4. The molecule has 0 saturated carbocycles. The summed E-state index contributed by atoms with van der Waals surface area (Å²) in [6.07, 6.45) is 0. The van der Waals surface area contributed by atoms with E-state index in [0.717, 1.165) is 5.56 Å². The number of carbonyl (C=O) groups is 1. The number of methoxy groups -OCH3 is 2. The molecule has 0 bridgehead atoms. The van der Waals surface area contributed by atoms with Crippen molar-refractivity contribution in [1.29, 1.82) is 0 Å². The smallest absolute Gasteiger partial charge is 0.410 e.